The molecule has 3 rings (SSSR count). The van der Waals surface area contributed by atoms with Crippen LogP contribution < -0.4 is 14.4 Å². The van der Waals surface area contributed by atoms with Crippen LogP contribution in [-0.2, 0) is 14.8 Å². The van der Waals surface area contributed by atoms with Crippen molar-refractivity contribution in [3.05, 3.63) is 47.8 Å². The highest BCUT2D eigenvalue weighted by Crippen LogP contribution is 2.29. The number of amides is 1. The van der Waals surface area contributed by atoms with Crippen molar-refractivity contribution in [1.82, 2.24) is 0 Å². The van der Waals surface area contributed by atoms with E-state index in [1.165, 1.54) is 12.1 Å². The normalized spacial score (nSPS) is 14.5. The van der Waals surface area contributed by atoms with Gasteiger partial charge in [0, 0.05) is 18.7 Å². The van der Waals surface area contributed by atoms with Gasteiger partial charge in [-0.25, -0.2) is 12.8 Å². The lowest BCUT2D eigenvalue weighted by molar-refractivity contribution is -0.117. The number of nitrogens with one attached hydrogen (secondary N) is 1. The Bertz CT molecular complexity index is 976. The van der Waals surface area contributed by atoms with Gasteiger partial charge in [-0.1, -0.05) is 6.07 Å². The summed E-state index contributed by atoms with van der Waals surface area (Å²) in [4.78, 5) is 13.5. The molecule has 0 radical (unpaired) electrons. The summed E-state index contributed by atoms with van der Waals surface area (Å²) in [5, 5.41) is 0. The van der Waals surface area contributed by atoms with Gasteiger partial charge in [-0.3, -0.25) is 9.52 Å². The molecule has 8 heteroatoms. The molecule has 0 aromatic heterocycles. The van der Waals surface area contributed by atoms with E-state index in [-0.39, 0.29) is 23.2 Å². The molecule has 2 aromatic carbocycles. The van der Waals surface area contributed by atoms with Gasteiger partial charge < -0.3 is 9.64 Å². The van der Waals surface area contributed by atoms with E-state index in [2.05, 4.69) is 4.72 Å². The zero-order chi connectivity index (χ0) is 19.6. The Hall–Kier alpha value is -2.61. The number of sulfonamides is 1. The quantitative estimate of drug-likeness (QED) is 0.817. The van der Waals surface area contributed by atoms with Crippen molar-refractivity contribution in [3.63, 3.8) is 0 Å². The van der Waals surface area contributed by atoms with Crippen molar-refractivity contribution in [3.8, 4) is 5.75 Å². The third kappa shape index (κ3) is 4.05. The van der Waals surface area contributed by atoms with E-state index < -0.39 is 15.8 Å². The Kier molecular flexibility index (Phi) is 5.36. The minimum absolute atomic E-state index is 0.00150. The summed E-state index contributed by atoms with van der Waals surface area (Å²) in [5.41, 5.74) is 1.86. The summed E-state index contributed by atoms with van der Waals surface area (Å²) in [6.45, 7) is 4.47. The van der Waals surface area contributed by atoms with Crippen LogP contribution in [0.5, 0.6) is 5.75 Å². The third-order valence-electron chi connectivity index (χ3n) is 4.34. The first-order chi connectivity index (χ1) is 12.8. The predicted octanol–water partition coefficient (Wildman–Crippen LogP) is 3.46. The molecule has 1 fully saturated rings. The highest BCUT2D eigenvalue weighted by Gasteiger charge is 2.24. The fourth-order valence-corrected chi connectivity index (χ4v) is 4.06. The van der Waals surface area contributed by atoms with E-state index >= 15 is 0 Å². The maximum atomic E-state index is 14.0. The number of nitrogens with zero attached hydrogens (tertiary/aromatic N) is 1. The molecule has 0 spiro atoms. The summed E-state index contributed by atoms with van der Waals surface area (Å²) >= 11 is 0. The topological polar surface area (TPSA) is 75.7 Å². The molecular weight excluding hydrogens is 371 g/mol. The number of aryl methyl sites for hydroxylation is 1. The SMILES string of the molecule is CCOc1ccc(S(=O)(=O)Nc2ccc(C)c(N3CCCC3=O)c2)cc1F. The molecular formula is C19H21FN2O4S. The minimum Gasteiger partial charge on any atom is -0.491 e. The van der Waals surface area contributed by atoms with Gasteiger partial charge in [-0.2, -0.15) is 0 Å². The van der Waals surface area contributed by atoms with Crippen LogP contribution in [-0.4, -0.2) is 27.5 Å². The summed E-state index contributed by atoms with van der Waals surface area (Å²) in [5.74, 6) is -0.722. The number of carbonyl (C=O) groups is 1. The van der Waals surface area contributed by atoms with Crippen molar-refractivity contribution < 1.29 is 22.3 Å². The Morgan fingerprint density at radius 2 is 2.00 bits per heavy atom. The van der Waals surface area contributed by atoms with Crippen LogP contribution in [0.1, 0.15) is 25.3 Å². The Labute approximate surface area is 158 Å². The Balaban J connectivity index is 1.88. The van der Waals surface area contributed by atoms with Gasteiger partial charge in [-0.15, -0.1) is 0 Å². The molecule has 0 bridgehead atoms. The largest absolute Gasteiger partial charge is 0.491 e. The lowest BCUT2D eigenvalue weighted by Gasteiger charge is -2.19. The molecule has 1 saturated heterocycles. The predicted molar refractivity (Wildman–Crippen MR) is 101 cm³/mol. The van der Waals surface area contributed by atoms with Gasteiger partial charge in [0.25, 0.3) is 10.0 Å². The number of anilines is 2. The van der Waals surface area contributed by atoms with E-state index in [9.17, 15) is 17.6 Å². The smallest absolute Gasteiger partial charge is 0.262 e. The third-order valence-corrected chi connectivity index (χ3v) is 5.72. The second-order valence-electron chi connectivity index (χ2n) is 6.28. The van der Waals surface area contributed by atoms with Gasteiger partial charge >= 0.3 is 0 Å². The van der Waals surface area contributed by atoms with E-state index in [0.29, 0.717) is 24.3 Å². The van der Waals surface area contributed by atoms with Crippen molar-refractivity contribution in [2.75, 3.05) is 22.8 Å². The molecule has 1 aliphatic heterocycles. The van der Waals surface area contributed by atoms with E-state index in [4.69, 9.17) is 4.74 Å². The highest BCUT2D eigenvalue weighted by molar-refractivity contribution is 7.92. The summed E-state index contributed by atoms with van der Waals surface area (Å²) in [6.07, 6.45) is 1.26. The van der Waals surface area contributed by atoms with Crippen LogP contribution >= 0.6 is 0 Å². The van der Waals surface area contributed by atoms with Gasteiger partial charge in [0.2, 0.25) is 5.91 Å². The molecule has 1 amide bonds. The average Bonchev–Trinajstić information content (AvgIpc) is 3.04. The van der Waals surface area contributed by atoms with Crippen molar-refractivity contribution in [1.29, 1.82) is 0 Å². The van der Waals surface area contributed by atoms with E-state index in [1.54, 1.807) is 30.0 Å². The molecule has 0 aliphatic carbocycles. The van der Waals surface area contributed by atoms with Crippen molar-refractivity contribution in [2.24, 2.45) is 0 Å². The highest BCUT2D eigenvalue weighted by atomic mass is 32.2. The number of ether oxygens (including phenoxy) is 1. The first-order valence-corrected chi connectivity index (χ1v) is 10.2. The first kappa shape index (κ1) is 19.2. The van der Waals surface area contributed by atoms with E-state index in [1.807, 2.05) is 6.92 Å². The lowest BCUT2D eigenvalue weighted by atomic mass is 10.1. The molecule has 0 atom stereocenters. The molecule has 144 valence electrons. The number of rotatable bonds is 6. The molecule has 0 saturated carbocycles. The van der Waals surface area contributed by atoms with Crippen LogP contribution in [0.2, 0.25) is 0 Å². The summed E-state index contributed by atoms with van der Waals surface area (Å²) in [6, 6.07) is 8.49. The van der Waals surface area contributed by atoms with Crippen molar-refractivity contribution in [2.45, 2.75) is 31.6 Å². The van der Waals surface area contributed by atoms with Gasteiger partial charge in [0.1, 0.15) is 0 Å². The fraction of sp³-hybridized carbons (Fsp3) is 0.316. The number of hydrogen-bond donors (Lipinski definition) is 1. The molecule has 27 heavy (non-hydrogen) atoms. The molecule has 1 heterocycles. The zero-order valence-corrected chi connectivity index (χ0v) is 16.0. The molecule has 1 N–H and O–H groups in total. The maximum Gasteiger partial charge on any atom is 0.262 e. The zero-order valence-electron chi connectivity index (χ0n) is 15.2. The first-order valence-electron chi connectivity index (χ1n) is 8.68. The second-order valence-corrected chi connectivity index (χ2v) is 7.96. The lowest BCUT2D eigenvalue weighted by Crippen LogP contribution is -2.24. The van der Waals surface area contributed by atoms with Crippen LogP contribution in [0.25, 0.3) is 0 Å². The van der Waals surface area contributed by atoms with E-state index in [0.717, 1.165) is 18.1 Å². The second kappa shape index (κ2) is 7.56. The number of benzene rings is 2. The Morgan fingerprint density at radius 1 is 1.22 bits per heavy atom. The molecule has 6 nitrogen and oxygen atoms in total. The molecule has 1 aliphatic rings. The van der Waals surface area contributed by atoms with Crippen LogP contribution in [0.15, 0.2) is 41.3 Å². The maximum absolute atomic E-state index is 14.0. The monoisotopic (exact) mass is 392 g/mol. The molecule has 0 unspecified atom stereocenters. The van der Waals surface area contributed by atoms with Crippen LogP contribution in [0.4, 0.5) is 15.8 Å². The number of halogens is 1. The van der Waals surface area contributed by atoms with Crippen molar-refractivity contribution >= 4 is 27.3 Å². The number of hydrogen-bond acceptors (Lipinski definition) is 4. The average molecular weight is 392 g/mol. The standard InChI is InChI=1S/C19H21FN2O4S/c1-3-26-18-9-8-15(12-16(18)20)27(24,25)21-14-7-6-13(2)17(11-14)22-10-4-5-19(22)23/h6-9,11-12,21H,3-5,10H2,1-2H3. The van der Waals surface area contributed by atoms with Crippen LogP contribution in [0.3, 0.4) is 0 Å². The van der Waals surface area contributed by atoms with Crippen LogP contribution in [0, 0.1) is 12.7 Å². The minimum atomic E-state index is -3.98. The van der Waals surface area contributed by atoms with Gasteiger partial charge in [0.05, 0.1) is 17.2 Å². The van der Waals surface area contributed by atoms with Gasteiger partial charge in [-0.05, 0) is 56.2 Å². The Morgan fingerprint density at radius 3 is 2.63 bits per heavy atom. The van der Waals surface area contributed by atoms with Gasteiger partial charge in [0.15, 0.2) is 11.6 Å². The number of carbonyl (C=O) groups excluding carboxylic acids is 1. The summed E-state index contributed by atoms with van der Waals surface area (Å²) < 4.78 is 46.8. The summed E-state index contributed by atoms with van der Waals surface area (Å²) in [7, 11) is -3.98. The molecule has 2 aromatic rings. The fourth-order valence-electron chi connectivity index (χ4n) is 3.00.